The van der Waals surface area contributed by atoms with Gasteiger partial charge in [0.15, 0.2) is 10.4 Å². The fraction of sp³-hybridized carbons (Fsp3) is 0.333. The molecule has 0 atom stereocenters. The van der Waals surface area contributed by atoms with Crippen molar-refractivity contribution in [3.8, 4) is 0 Å². The predicted octanol–water partition coefficient (Wildman–Crippen LogP) is 1.77. The van der Waals surface area contributed by atoms with Crippen LogP contribution < -0.4 is 0 Å². The van der Waals surface area contributed by atoms with Crippen molar-refractivity contribution in [1.29, 1.82) is 0 Å². The number of rotatable bonds is 3. The zero-order valence-electron chi connectivity index (χ0n) is 10.8. The maximum Gasteiger partial charge on any atom is 0.179 e. The molecule has 6 nitrogen and oxygen atoms in total. The number of pyridine rings is 1. The van der Waals surface area contributed by atoms with E-state index in [1.165, 1.54) is 0 Å². The lowest BCUT2D eigenvalue weighted by Gasteiger charge is -2.03. The number of H-pyrrole nitrogens is 1. The topological polar surface area (TPSA) is 64.3 Å². The van der Waals surface area contributed by atoms with Crippen LogP contribution in [0.4, 0.5) is 0 Å². The quantitative estimate of drug-likeness (QED) is 0.739. The van der Waals surface area contributed by atoms with Crippen molar-refractivity contribution >= 4 is 23.4 Å². The molecule has 19 heavy (non-hydrogen) atoms. The highest BCUT2D eigenvalue weighted by Gasteiger charge is 2.09. The van der Waals surface area contributed by atoms with Gasteiger partial charge in [0.05, 0.1) is 5.52 Å². The van der Waals surface area contributed by atoms with Crippen LogP contribution in [-0.2, 0) is 20.0 Å². The molecule has 0 aliphatic carbocycles. The van der Waals surface area contributed by atoms with E-state index in [-0.39, 0.29) is 0 Å². The third-order valence-electron chi connectivity index (χ3n) is 3.24. The van der Waals surface area contributed by atoms with Gasteiger partial charge >= 0.3 is 0 Å². The molecule has 0 aliphatic rings. The Hall–Kier alpha value is -2.02. The van der Waals surface area contributed by atoms with Crippen molar-refractivity contribution in [3.63, 3.8) is 0 Å². The molecule has 0 aromatic carbocycles. The van der Waals surface area contributed by atoms with Gasteiger partial charge in [0.2, 0.25) is 0 Å². The fourth-order valence-corrected chi connectivity index (χ4v) is 2.41. The van der Waals surface area contributed by atoms with Gasteiger partial charge in [-0.3, -0.25) is 0 Å². The molecule has 0 unspecified atom stereocenters. The largest absolute Gasteiger partial charge is 0.329 e. The number of nitrogens with one attached hydrogen (secondary N) is 1. The van der Waals surface area contributed by atoms with E-state index in [0.717, 1.165) is 35.5 Å². The third kappa shape index (κ3) is 2.06. The van der Waals surface area contributed by atoms with Crippen LogP contribution in [0.3, 0.4) is 0 Å². The minimum absolute atomic E-state index is 0.693. The van der Waals surface area contributed by atoms with Gasteiger partial charge in [0, 0.05) is 26.2 Å². The highest BCUT2D eigenvalue weighted by atomic mass is 32.1. The van der Waals surface area contributed by atoms with E-state index in [4.69, 9.17) is 12.2 Å². The first-order chi connectivity index (χ1) is 9.16. The van der Waals surface area contributed by atoms with Crippen molar-refractivity contribution in [2.45, 2.75) is 19.9 Å². The molecule has 0 spiro atoms. The van der Waals surface area contributed by atoms with Crippen molar-refractivity contribution in [2.75, 3.05) is 0 Å². The number of aryl methyl sites for hydroxylation is 4. The molecule has 0 bridgehead atoms. The molecular formula is C12H14N6S. The third-order valence-corrected chi connectivity index (χ3v) is 3.56. The van der Waals surface area contributed by atoms with Gasteiger partial charge in [0.1, 0.15) is 12.2 Å². The summed E-state index contributed by atoms with van der Waals surface area (Å²) in [7, 11) is 1.94. The molecule has 1 N–H and O–H groups in total. The average Bonchev–Trinajstić information content (AvgIpc) is 2.92. The van der Waals surface area contributed by atoms with Crippen LogP contribution >= 0.6 is 12.2 Å². The minimum atomic E-state index is 0.693. The molecular weight excluding hydrogens is 260 g/mol. The Bertz CT molecular complexity index is 781. The lowest BCUT2D eigenvalue weighted by molar-refractivity contribution is 0.652. The first-order valence-electron chi connectivity index (χ1n) is 6.04. The first-order valence-corrected chi connectivity index (χ1v) is 6.44. The van der Waals surface area contributed by atoms with Crippen LogP contribution in [0.5, 0.6) is 0 Å². The van der Waals surface area contributed by atoms with Crippen LogP contribution in [0, 0.1) is 11.7 Å². The first kappa shape index (κ1) is 12.0. The number of hydrogen-bond donors (Lipinski definition) is 1. The lowest BCUT2D eigenvalue weighted by Crippen LogP contribution is -2.06. The predicted molar refractivity (Wildman–Crippen MR) is 74.4 cm³/mol. The molecule has 0 aliphatic heterocycles. The minimum Gasteiger partial charge on any atom is -0.329 e. The lowest BCUT2D eigenvalue weighted by atomic mass is 10.3. The van der Waals surface area contributed by atoms with Crippen LogP contribution in [0.15, 0.2) is 18.6 Å². The Morgan fingerprint density at radius 3 is 3.00 bits per heavy atom. The molecule has 3 aromatic rings. The Labute approximate surface area is 115 Å². The summed E-state index contributed by atoms with van der Waals surface area (Å²) in [6.07, 6.45) is 4.28. The highest BCUT2D eigenvalue weighted by Crippen LogP contribution is 2.15. The van der Waals surface area contributed by atoms with Crippen LogP contribution in [-0.4, -0.2) is 29.3 Å². The van der Waals surface area contributed by atoms with E-state index >= 15 is 0 Å². The van der Waals surface area contributed by atoms with Crippen molar-refractivity contribution < 1.29 is 0 Å². The Morgan fingerprint density at radius 1 is 1.42 bits per heavy atom. The van der Waals surface area contributed by atoms with E-state index in [2.05, 4.69) is 20.2 Å². The smallest absolute Gasteiger partial charge is 0.179 e. The van der Waals surface area contributed by atoms with Gasteiger partial charge in [-0.25, -0.2) is 4.98 Å². The maximum absolute atomic E-state index is 5.36. The molecule has 7 heteroatoms. The van der Waals surface area contributed by atoms with Crippen LogP contribution in [0.25, 0.3) is 11.2 Å². The summed E-state index contributed by atoms with van der Waals surface area (Å²) in [5, 5.41) is 7.95. The van der Waals surface area contributed by atoms with E-state index in [1.54, 1.807) is 12.5 Å². The summed E-state index contributed by atoms with van der Waals surface area (Å²) in [5.74, 6) is 0.934. The van der Waals surface area contributed by atoms with Gasteiger partial charge in [-0.05, 0) is 30.8 Å². The number of imidazole rings is 1. The number of aromatic nitrogens is 6. The summed E-state index contributed by atoms with van der Waals surface area (Å²) in [6, 6.07) is 1.97. The molecule has 3 aromatic heterocycles. The van der Waals surface area contributed by atoms with Crippen molar-refractivity contribution in [3.05, 3.63) is 34.7 Å². The number of hydrogen-bond acceptors (Lipinski definition) is 4. The van der Waals surface area contributed by atoms with Gasteiger partial charge in [-0.2, -0.15) is 0 Å². The van der Waals surface area contributed by atoms with Gasteiger partial charge in [-0.1, -0.05) is 0 Å². The number of fused-ring (bicyclic) bond motifs is 1. The Morgan fingerprint density at radius 2 is 2.26 bits per heavy atom. The van der Waals surface area contributed by atoms with Gasteiger partial charge in [-0.15, -0.1) is 10.2 Å². The zero-order chi connectivity index (χ0) is 13.4. The second-order valence-corrected chi connectivity index (χ2v) is 4.90. The number of nitrogens with zero attached hydrogens (tertiary/aromatic N) is 5. The summed E-state index contributed by atoms with van der Waals surface area (Å²) in [5.41, 5.74) is 3.05. The Kier molecular flexibility index (Phi) is 2.90. The fourth-order valence-electron chi connectivity index (χ4n) is 2.13. The average molecular weight is 274 g/mol. The second-order valence-electron chi connectivity index (χ2n) is 4.52. The molecule has 0 saturated carbocycles. The maximum atomic E-state index is 5.36. The molecule has 3 heterocycles. The Balaban J connectivity index is 1.97. The van der Waals surface area contributed by atoms with Gasteiger partial charge < -0.3 is 14.1 Å². The zero-order valence-corrected chi connectivity index (χ0v) is 11.6. The summed E-state index contributed by atoms with van der Waals surface area (Å²) >= 11 is 5.36. The molecule has 3 rings (SSSR count). The van der Waals surface area contributed by atoms with Crippen molar-refractivity contribution in [2.24, 2.45) is 7.05 Å². The van der Waals surface area contributed by atoms with E-state index < -0.39 is 0 Å². The van der Waals surface area contributed by atoms with Crippen LogP contribution in [0.1, 0.15) is 11.4 Å². The normalized spacial score (nSPS) is 11.3. The van der Waals surface area contributed by atoms with E-state index in [0.29, 0.717) is 4.77 Å². The SMILES string of the molecule is Cc1ccnc2c1[nH]c(=S)n2CCc1nncn1C. The molecule has 0 fully saturated rings. The summed E-state index contributed by atoms with van der Waals surface area (Å²) in [6.45, 7) is 2.78. The molecule has 0 amide bonds. The highest BCUT2D eigenvalue weighted by molar-refractivity contribution is 7.71. The van der Waals surface area contributed by atoms with E-state index in [1.807, 2.05) is 29.2 Å². The second kappa shape index (κ2) is 4.58. The van der Waals surface area contributed by atoms with Crippen molar-refractivity contribution in [1.82, 2.24) is 29.3 Å². The van der Waals surface area contributed by atoms with E-state index in [9.17, 15) is 0 Å². The summed E-state index contributed by atoms with van der Waals surface area (Å²) < 4.78 is 4.61. The molecule has 98 valence electrons. The summed E-state index contributed by atoms with van der Waals surface area (Å²) in [4.78, 5) is 7.62. The van der Waals surface area contributed by atoms with Gasteiger partial charge in [0.25, 0.3) is 0 Å². The van der Waals surface area contributed by atoms with Crippen LogP contribution in [0.2, 0.25) is 0 Å². The molecule has 0 saturated heterocycles. The number of aromatic amines is 1. The monoisotopic (exact) mass is 274 g/mol. The molecule has 0 radical (unpaired) electrons. The standard InChI is InChI=1S/C12H14N6S/c1-8-3-5-13-11-10(8)15-12(19)18(11)6-4-9-16-14-7-17(9)2/h3,5,7H,4,6H2,1-2H3,(H,15,19).